The Hall–Kier alpha value is -3.05. The van der Waals surface area contributed by atoms with Gasteiger partial charge in [-0.3, -0.25) is 9.59 Å². The molecule has 0 saturated carbocycles. The molecule has 0 aliphatic heterocycles. The van der Waals surface area contributed by atoms with Crippen LogP contribution in [0.15, 0.2) is 12.1 Å². The minimum atomic E-state index is -1.26. The maximum atomic E-state index is 12.0. The van der Waals surface area contributed by atoms with Crippen molar-refractivity contribution in [2.24, 2.45) is 5.73 Å². The molecule has 2 unspecified atom stereocenters. The Labute approximate surface area is 173 Å². The summed E-state index contributed by atoms with van der Waals surface area (Å²) in [6, 6.07) is 2.45. The summed E-state index contributed by atoms with van der Waals surface area (Å²) in [6.45, 7) is 5.19. The third kappa shape index (κ3) is 8.13. The van der Waals surface area contributed by atoms with Crippen molar-refractivity contribution in [3.63, 3.8) is 0 Å². The molecular formula is C19H29N3O8. The van der Waals surface area contributed by atoms with Crippen molar-refractivity contribution < 1.29 is 39.2 Å². The molecule has 168 valence electrons. The highest BCUT2D eigenvalue weighted by atomic mass is 16.6. The fraction of sp³-hybridized carbons (Fsp3) is 0.526. The molecule has 30 heavy (non-hydrogen) atoms. The van der Waals surface area contributed by atoms with E-state index in [1.165, 1.54) is 12.1 Å². The summed E-state index contributed by atoms with van der Waals surface area (Å²) in [5.41, 5.74) is 9.45. The second kappa shape index (κ2) is 10.6. The van der Waals surface area contributed by atoms with Crippen LogP contribution in [0.3, 0.4) is 0 Å². The highest BCUT2D eigenvalue weighted by Gasteiger charge is 2.22. The number of ether oxygens (including phenoxy) is 2. The van der Waals surface area contributed by atoms with Gasteiger partial charge in [0, 0.05) is 13.0 Å². The first-order valence-corrected chi connectivity index (χ1v) is 9.26. The van der Waals surface area contributed by atoms with E-state index < -0.39 is 47.1 Å². The van der Waals surface area contributed by atoms with Gasteiger partial charge < -0.3 is 41.6 Å². The fourth-order valence-corrected chi connectivity index (χ4v) is 2.37. The van der Waals surface area contributed by atoms with Crippen molar-refractivity contribution in [3.8, 4) is 11.5 Å². The van der Waals surface area contributed by atoms with Gasteiger partial charge in [0.25, 0.3) is 5.91 Å². The summed E-state index contributed by atoms with van der Waals surface area (Å²) in [5.74, 6) is -2.72. The number of benzene rings is 1. The van der Waals surface area contributed by atoms with Gasteiger partial charge in [0.2, 0.25) is 0 Å². The van der Waals surface area contributed by atoms with Crippen LogP contribution < -0.4 is 21.5 Å². The number of carbonyl (C=O) groups excluding carboxylic acids is 3. The zero-order chi connectivity index (χ0) is 23.1. The largest absolute Gasteiger partial charge is 0.505 e. The molecule has 0 heterocycles. The second-order valence-corrected chi connectivity index (χ2v) is 7.61. The van der Waals surface area contributed by atoms with Crippen LogP contribution in [0.2, 0.25) is 0 Å². The van der Waals surface area contributed by atoms with Gasteiger partial charge in [0.1, 0.15) is 16.9 Å². The van der Waals surface area contributed by atoms with E-state index in [0.717, 1.165) is 0 Å². The molecule has 1 aromatic carbocycles. The molecule has 0 fully saturated rings. The number of nitrogens with one attached hydrogen (secondary N) is 1. The molecule has 8 N–H and O–H groups in total. The Morgan fingerprint density at radius 2 is 1.73 bits per heavy atom. The van der Waals surface area contributed by atoms with Crippen molar-refractivity contribution in [2.45, 2.75) is 57.8 Å². The Balaban J connectivity index is 2.49. The summed E-state index contributed by atoms with van der Waals surface area (Å²) in [6.07, 6.45) is -3.50. The van der Waals surface area contributed by atoms with E-state index in [1.54, 1.807) is 20.8 Å². The number of aliphatic hydroxyl groups is 2. The summed E-state index contributed by atoms with van der Waals surface area (Å²) in [5, 5.41) is 32.2. The van der Waals surface area contributed by atoms with Crippen LogP contribution >= 0.6 is 0 Å². The maximum Gasteiger partial charge on any atom is 0.407 e. The Bertz CT molecular complexity index is 776. The van der Waals surface area contributed by atoms with E-state index in [-0.39, 0.29) is 37.2 Å². The predicted octanol–water partition coefficient (Wildman–Crippen LogP) is 0.396. The Kier molecular flexibility index (Phi) is 8.87. The number of amides is 2. The fourth-order valence-electron chi connectivity index (χ4n) is 2.37. The Morgan fingerprint density at radius 1 is 1.13 bits per heavy atom. The van der Waals surface area contributed by atoms with Crippen molar-refractivity contribution in [2.75, 3.05) is 12.3 Å². The molecule has 2 atom stereocenters. The number of alkyl carbamates (subject to hydrolysis) is 1. The molecule has 2 amide bonds. The molecule has 0 aliphatic carbocycles. The first kappa shape index (κ1) is 25.0. The number of anilines is 1. The van der Waals surface area contributed by atoms with Gasteiger partial charge in [-0.15, -0.1) is 0 Å². The molecule has 1 aromatic rings. The lowest BCUT2D eigenvalue weighted by atomic mass is 10.1. The quantitative estimate of drug-likeness (QED) is 0.140. The topological polar surface area (TPSA) is 194 Å². The number of nitrogen functional groups attached to an aromatic ring is 1. The predicted molar refractivity (Wildman–Crippen MR) is 107 cm³/mol. The lowest BCUT2D eigenvalue weighted by Gasteiger charge is -2.21. The van der Waals surface area contributed by atoms with Gasteiger partial charge in [0.15, 0.2) is 5.75 Å². The zero-order valence-electron chi connectivity index (χ0n) is 17.2. The number of hydrogen-bond acceptors (Lipinski definition) is 9. The zero-order valence-corrected chi connectivity index (χ0v) is 17.2. The number of hydrogen-bond donors (Lipinski definition) is 6. The number of carbonyl (C=O) groups is 3. The van der Waals surface area contributed by atoms with Crippen molar-refractivity contribution in [1.82, 2.24) is 5.32 Å². The lowest BCUT2D eigenvalue weighted by molar-refractivity contribution is -0.135. The first-order chi connectivity index (χ1) is 13.8. The minimum Gasteiger partial charge on any atom is -0.505 e. The number of esters is 1. The SMILES string of the molecule is CC(C)(C)OC(=O)NCCC(O)C(O)CCC(=O)Oc1ccc(N)c(O)c1C(N)=O. The van der Waals surface area contributed by atoms with Crippen molar-refractivity contribution >= 4 is 23.7 Å². The van der Waals surface area contributed by atoms with Crippen LogP contribution in [0.5, 0.6) is 11.5 Å². The third-order valence-corrected chi connectivity index (χ3v) is 3.84. The first-order valence-electron chi connectivity index (χ1n) is 9.26. The maximum absolute atomic E-state index is 12.0. The molecule has 0 spiro atoms. The average molecular weight is 427 g/mol. The Morgan fingerprint density at radius 3 is 2.30 bits per heavy atom. The highest BCUT2D eigenvalue weighted by Crippen LogP contribution is 2.32. The molecule has 0 bridgehead atoms. The monoisotopic (exact) mass is 427 g/mol. The van der Waals surface area contributed by atoms with Crippen LogP contribution in [-0.2, 0) is 9.53 Å². The summed E-state index contributed by atoms with van der Waals surface area (Å²) >= 11 is 0. The van der Waals surface area contributed by atoms with Crippen LogP contribution in [0.1, 0.15) is 50.4 Å². The van der Waals surface area contributed by atoms with Crippen LogP contribution in [0.25, 0.3) is 0 Å². The van der Waals surface area contributed by atoms with E-state index in [2.05, 4.69) is 5.32 Å². The summed E-state index contributed by atoms with van der Waals surface area (Å²) in [4.78, 5) is 35.0. The molecule has 0 aromatic heterocycles. The second-order valence-electron chi connectivity index (χ2n) is 7.61. The van der Waals surface area contributed by atoms with Gasteiger partial charge in [-0.2, -0.15) is 0 Å². The highest BCUT2D eigenvalue weighted by molar-refractivity contribution is 6.00. The smallest absolute Gasteiger partial charge is 0.407 e. The van der Waals surface area contributed by atoms with Gasteiger partial charge in [0.05, 0.1) is 17.9 Å². The van der Waals surface area contributed by atoms with E-state index in [0.29, 0.717) is 0 Å². The molecule has 11 heteroatoms. The minimum absolute atomic E-state index is 0.0348. The molecule has 0 radical (unpaired) electrons. The van der Waals surface area contributed by atoms with E-state index in [9.17, 15) is 29.7 Å². The normalized spacial score (nSPS) is 13.2. The molecule has 11 nitrogen and oxygen atoms in total. The molecule has 0 saturated heterocycles. The average Bonchev–Trinajstić information content (AvgIpc) is 2.60. The van der Waals surface area contributed by atoms with Crippen LogP contribution in [-0.4, -0.2) is 57.6 Å². The molecule has 0 aliphatic rings. The third-order valence-electron chi connectivity index (χ3n) is 3.84. The standard InChI is InChI=1S/C19H29N3O8/c1-19(2,3)30-18(28)22-9-8-12(24)11(23)5-7-14(25)29-13-6-4-10(20)16(26)15(13)17(21)27/h4,6,11-12,23-24,26H,5,7-9,20H2,1-3H3,(H2,21,27)(H,22,28). The molecule has 1 rings (SSSR count). The van der Waals surface area contributed by atoms with Gasteiger partial charge in [-0.1, -0.05) is 0 Å². The van der Waals surface area contributed by atoms with Crippen molar-refractivity contribution in [3.05, 3.63) is 17.7 Å². The molecular weight excluding hydrogens is 398 g/mol. The van der Waals surface area contributed by atoms with E-state index >= 15 is 0 Å². The number of rotatable bonds is 9. The summed E-state index contributed by atoms with van der Waals surface area (Å²) in [7, 11) is 0. The number of nitrogens with two attached hydrogens (primary N) is 2. The number of aromatic hydroxyl groups is 1. The lowest BCUT2D eigenvalue weighted by Crippen LogP contribution is -2.36. The van der Waals surface area contributed by atoms with Crippen molar-refractivity contribution in [1.29, 1.82) is 0 Å². The van der Waals surface area contributed by atoms with Gasteiger partial charge in [-0.25, -0.2) is 4.79 Å². The number of aliphatic hydroxyl groups excluding tert-OH is 2. The van der Waals surface area contributed by atoms with Crippen LogP contribution in [0, 0.1) is 0 Å². The number of phenols is 1. The van der Waals surface area contributed by atoms with Gasteiger partial charge in [-0.05, 0) is 45.7 Å². The van der Waals surface area contributed by atoms with Gasteiger partial charge >= 0.3 is 12.1 Å². The van der Waals surface area contributed by atoms with E-state index in [4.69, 9.17) is 20.9 Å². The summed E-state index contributed by atoms with van der Waals surface area (Å²) < 4.78 is 10.1. The number of primary amides is 1. The van der Waals surface area contributed by atoms with E-state index in [1.807, 2.05) is 0 Å². The van der Waals surface area contributed by atoms with Crippen LogP contribution in [0.4, 0.5) is 10.5 Å².